The average Bonchev–Trinajstić information content (AvgIpc) is 1.85. The maximum Gasteiger partial charge on any atom is 0.0900 e. The van der Waals surface area contributed by atoms with E-state index in [1.807, 2.05) is 0 Å². The summed E-state index contributed by atoms with van der Waals surface area (Å²) in [6.45, 7) is 4.93. The van der Waals surface area contributed by atoms with Crippen LogP contribution in [-0.2, 0) is 0 Å². The molecular weight excluding hydrogens is 156 g/mol. The van der Waals surface area contributed by atoms with Crippen molar-refractivity contribution in [3.8, 4) is 0 Å². The van der Waals surface area contributed by atoms with Gasteiger partial charge in [0, 0.05) is 6.61 Å². The molecular formula is C9H20O3. The zero-order valence-electron chi connectivity index (χ0n) is 8.17. The van der Waals surface area contributed by atoms with Gasteiger partial charge < -0.3 is 15.3 Å². The number of aliphatic hydroxyl groups is 3. The van der Waals surface area contributed by atoms with E-state index in [-0.39, 0.29) is 6.61 Å². The van der Waals surface area contributed by atoms with Crippen LogP contribution < -0.4 is 0 Å². The van der Waals surface area contributed by atoms with Gasteiger partial charge in [0.15, 0.2) is 0 Å². The van der Waals surface area contributed by atoms with Crippen molar-refractivity contribution >= 4 is 0 Å². The van der Waals surface area contributed by atoms with Gasteiger partial charge in [0.2, 0.25) is 0 Å². The summed E-state index contributed by atoms with van der Waals surface area (Å²) in [5.41, 5.74) is -2.15. The van der Waals surface area contributed by atoms with Crippen LogP contribution in [0.3, 0.4) is 0 Å². The predicted octanol–water partition coefficient (Wildman–Crippen LogP) is 0.671. The van der Waals surface area contributed by atoms with Crippen molar-refractivity contribution in [3.63, 3.8) is 0 Å². The van der Waals surface area contributed by atoms with E-state index in [9.17, 15) is 10.2 Å². The number of hydrogen-bond acceptors (Lipinski definition) is 3. The number of unbranched alkanes of at least 4 members (excludes halogenated alkanes) is 1. The highest BCUT2D eigenvalue weighted by atomic mass is 16.4. The van der Waals surface area contributed by atoms with Crippen LogP contribution in [0, 0.1) is 0 Å². The van der Waals surface area contributed by atoms with Crippen molar-refractivity contribution in [3.05, 3.63) is 0 Å². The molecule has 0 aromatic heterocycles. The topological polar surface area (TPSA) is 60.7 Å². The van der Waals surface area contributed by atoms with Gasteiger partial charge in [-0.25, -0.2) is 0 Å². The van der Waals surface area contributed by atoms with Crippen LogP contribution in [0.15, 0.2) is 0 Å². The first-order valence-corrected chi connectivity index (χ1v) is 4.37. The Hall–Kier alpha value is -0.120. The quantitative estimate of drug-likeness (QED) is 0.540. The van der Waals surface area contributed by atoms with Gasteiger partial charge >= 0.3 is 0 Å². The zero-order valence-corrected chi connectivity index (χ0v) is 8.17. The van der Waals surface area contributed by atoms with Crippen LogP contribution in [-0.4, -0.2) is 33.1 Å². The predicted molar refractivity (Wildman–Crippen MR) is 47.9 cm³/mol. The fraction of sp³-hybridized carbons (Fsp3) is 1.00. The lowest BCUT2D eigenvalue weighted by Crippen LogP contribution is -2.47. The minimum Gasteiger partial charge on any atom is -0.396 e. The molecule has 0 bridgehead atoms. The largest absolute Gasteiger partial charge is 0.396 e. The van der Waals surface area contributed by atoms with Crippen molar-refractivity contribution in [1.29, 1.82) is 0 Å². The van der Waals surface area contributed by atoms with Crippen LogP contribution in [0.1, 0.15) is 40.0 Å². The molecule has 0 saturated carbocycles. The van der Waals surface area contributed by atoms with E-state index in [1.165, 1.54) is 0 Å². The second kappa shape index (κ2) is 4.21. The highest BCUT2D eigenvalue weighted by molar-refractivity contribution is 4.89. The maximum absolute atomic E-state index is 9.75. The van der Waals surface area contributed by atoms with Gasteiger partial charge in [-0.1, -0.05) is 0 Å². The standard InChI is InChI=1S/C9H20O3/c1-8(2,11)9(3,12)6-4-5-7-10/h10-12H,4-7H2,1-3H3. The van der Waals surface area contributed by atoms with Crippen LogP contribution in [0.25, 0.3) is 0 Å². The Labute approximate surface area is 74.0 Å². The summed E-state index contributed by atoms with van der Waals surface area (Å²) in [6.07, 6.45) is 1.91. The summed E-state index contributed by atoms with van der Waals surface area (Å²) in [4.78, 5) is 0. The molecule has 0 aliphatic rings. The normalized spacial score (nSPS) is 17.5. The van der Waals surface area contributed by atoms with E-state index in [4.69, 9.17) is 5.11 Å². The molecule has 0 spiro atoms. The first-order chi connectivity index (χ1) is 5.31. The number of hydrogen-bond donors (Lipinski definition) is 3. The van der Waals surface area contributed by atoms with E-state index < -0.39 is 11.2 Å². The fourth-order valence-corrected chi connectivity index (χ4v) is 0.887. The van der Waals surface area contributed by atoms with Gasteiger partial charge in [-0.15, -0.1) is 0 Å². The van der Waals surface area contributed by atoms with Gasteiger partial charge in [0.05, 0.1) is 11.2 Å². The molecule has 12 heavy (non-hydrogen) atoms. The molecule has 0 heterocycles. The smallest absolute Gasteiger partial charge is 0.0900 e. The van der Waals surface area contributed by atoms with Gasteiger partial charge in [-0.05, 0) is 40.0 Å². The van der Waals surface area contributed by atoms with Gasteiger partial charge in [-0.3, -0.25) is 0 Å². The van der Waals surface area contributed by atoms with Gasteiger partial charge in [0.1, 0.15) is 0 Å². The molecule has 0 aliphatic heterocycles. The second-order valence-electron chi connectivity index (χ2n) is 4.01. The van der Waals surface area contributed by atoms with Gasteiger partial charge in [-0.2, -0.15) is 0 Å². The van der Waals surface area contributed by atoms with Crippen molar-refractivity contribution in [1.82, 2.24) is 0 Å². The first-order valence-electron chi connectivity index (χ1n) is 4.37. The van der Waals surface area contributed by atoms with Crippen LogP contribution in [0.5, 0.6) is 0 Å². The van der Waals surface area contributed by atoms with E-state index in [0.29, 0.717) is 12.8 Å². The SMILES string of the molecule is CC(C)(O)C(C)(O)CCCCO. The minimum absolute atomic E-state index is 0.141. The first kappa shape index (κ1) is 11.9. The molecule has 1 unspecified atom stereocenters. The van der Waals surface area contributed by atoms with Crippen molar-refractivity contribution in [2.75, 3.05) is 6.61 Å². The molecule has 0 rings (SSSR count). The summed E-state index contributed by atoms with van der Waals surface area (Å²) in [6, 6.07) is 0. The third kappa shape index (κ3) is 3.52. The zero-order chi connectivity index (χ0) is 9.83. The summed E-state index contributed by atoms with van der Waals surface area (Å²) < 4.78 is 0. The van der Waals surface area contributed by atoms with Crippen molar-refractivity contribution < 1.29 is 15.3 Å². The fourth-order valence-electron chi connectivity index (χ4n) is 0.887. The Kier molecular flexibility index (Phi) is 4.17. The molecule has 0 radical (unpaired) electrons. The highest BCUT2D eigenvalue weighted by Gasteiger charge is 2.36. The Morgan fingerprint density at radius 3 is 1.83 bits per heavy atom. The molecule has 0 amide bonds. The summed E-state index contributed by atoms with van der Waals surface area (Å²) in [7, 11) is 0. The molecule has 3 nitrogen and oxygen atoms in total. The summed E-state index contributed by atoms with van der Waals surface area (Å²) in [5, 5.41) is 27.8. The van der Waals surface area contributed by atoms with E-state index >= 15 is 0 Å². The Bertz CT molecular complexity index is 124. The highest BCUT2D eigenvalue weighted by Crippen LogP contribution is 2.26. The molecule has 1 atom stereocenters. The monoisotopic (exact) mass is 176 g/mol. The molecule has 0 aromatic rings. The average molecular weight is 176 g/mol. The van der Waals surface area contributed by atoms with Crippen LogP contribution >= 0.6 is 0 Å². The van der Waals surface area contributed by atoms with Crippen LogP contribution in [0.2, 0.25) is 0 Å². The van der Waals surface area contributed by atoms with Crippen LogP contribution in [0.4, 0.5) is 0 Å². The second-order valence-corrected chi connectivity index (χ2v) is 4.01. The van der Waals surface area contributed by atoms with Crippen molar-refractivity contribution in [2.45, 2.75) is 51.2 Å². The maximum atomic E-state index is 9.75. The Morgan fingerprint density at radius 2 is 1.50 bits per heavy atom. The molecule has 3 N–H and O–H groups in total. The lowest BCUT2D eigenvalue weighted by molar-refractivity contribution is -0.124. The van der Waals surface area contributed by atoms with E-state index in [2.05, 4.69) is 0 Å². The Balaban J connectivity index is 3.88. The molecule has 3 heteroatoms. The number of rotatable bonds is 5. The molecule has 0 fully saturated rings. The third-order valence-electron chi connectivity index (χ3n) is 2.39. The van der Waals surface area contributed by atoms with Gasteiger partial charge in [0.25, 0.3) is 0 Å². The molecule has 0 aliphatic carbocycles. The lowest BCUT2D eigenvalue weighted by Gasteiger charge is -2.35. The molecule has 74 valence electrons. The minimum atomic E-state index is -1.08. The summed E-state index contributed by atoms with van der Waals surface area (Å²) in [5.74, 6) is 0. The third-order valence-corrected chi connectivity index (χ3v) is 2.39. The number of aliphatic hydroxyl groups excluding tert-OH is 1. The van der Waals surface area contributed by atoms with E-state index in [0.717, 1.165) is 6.42 Å². The molecule has 0 saturated heterocycles. The Morgan fingerprint density at radius 1 is 1.00 bits per heavy atom. The van der Waals surface area contributed by atoms with Crippen molar-refractivity contribution in [2.24, 2.45) is 0 Å². The molecule has 0 aromatic carbocycles. The summed E-state index contributed by atoms with van der Waals surface area (Å²) >= 11 is 0. The van der Waals surface area contributed by atoms with E-state index in [1.54, 1.807) is 20.8 Å². The lowest BCUT2D eigenvalue weighted by atomic mass is 9.83.